The van der Waals surface area contributed by atoms with E-state index in [9.17, 15) is 9.90 Å². The molecule has 0 spiro atoms. The van der Waals surface area contributed by atoms with Gasteiger partial charge in [-0.05, 0) is 44.0 Å². The number of aromatic nitrogens is 1. The summed E-state index contributed by atoms with van der Waals surface area (Å²) in [6.45, 7) is 5.76. The minimum Gasteiger partial charge on any atom is -0.505 e. The molecular weight excluding hydrogens is 279 g/mol. The molecule has 1 aromatic carbocycles. The summed E-state index contributed by atoms with van der Waals surface area (Å²) >= 11 is 0. The van der Waals surface area contributed by atoms with E-state index in [1.807, 2.05) is 26.8 Å². The molecule has 1 aromatic heterocycles. The summed E-state index contributed by atoms with van der Waals surface area (Å²) in [5.41, 5.74) is 3.56. The first-order valence-electron chi connectivity index (χ1n) is 5.78. The summed E-state index contributed by atoms with van der Waals surface area (Å²) < 4.78 is 0. The number of aryl methyl sites for hydroxylation is 3. The van der Waals surface area contributed by atoms with Crippen molar-refractivity contribution in [2.24, 2.45) is 0 Å². The third-order valence-electron chi connectivity index (χ3n) is 3.05. The summed E-state index contributed by atoms with van der Waals surface area (Å²) in [5.74, 6) is -0.361. The molecule has 1 amide bonds. The van der Waals surface area contributed by atoms with E-state index in [0.29, 0.717) is 5.52 Å². The largest absolute Gasteiger partial charge is 0.505 e. The number of hydrogen-bond acceptors (Lipinski definition) is 3. The van der Waals surface area contributed by atoms with Crippen molar-refractivity contribution in [3.63, 3.8) is 0 Å². The van der Waals surface area contributed by atoms with Crippen LogP contribution in [0, 0.1) is 20.8 Å². The van der Waals surface area contributed by atoms with E-state index in [1.54, 1.807) is 6.07 Å². The van der Waals surface area contributed by atoms with Gasteiger partial charge in [-0.1, -0.05) is 0 Å². The number of nitrogens with zero attached hydrogens (tertiary/aromatic N) is 1. The van der Waals surface area contributed by atoms with Crippen LogP contribution in [0.5, 0.6) is 5.75 Å². The van der Waals surface area contributed by atoms with Gasteiger partial charge in [-0.2, -0.15) is 0 Å². The zero-order chi connectivity index (χ0) is 13.4. The molecule has 0 saturated heterocycles. The van der Waals surface area contributed by atoms with E-state index in [1.165, 1.54) is 7.05 Å². The molecule has 0 saturated carbocycles. The molecule has 2 N–H and O–H groups in total. The predicted molar refractivity (Wildman–Crippen MR) is 71.0 cm³/mol. The van der Waals surface area contributed by atoms with Gasteiger partial charge in [0.2, 0.25) is 0 Å². The van der Waals surface area contributed by atoms with Crippen molar-refractivity contribution in [2.45, 2.75) is 20.8 Å². The Morgan fingerprint density at radius 3 is 2.37 bits per heavy atom. The summed E-state index contributed by atoms with van der Waals surface area (Å²) in [7, 11) is 1.54. The standard InChI is InChI=1S/C14H16N2O2.V/c1-7-5-9(3)16-12-11(7)8(2)6-10(13(12)17)14(18)15-4;/h5-6,17H,1-4H3,(H,15,18);. The number of fused-ring (bicyclic) bond motifs is 1. The number of phenols is 1. The van der Waals surface area contributed by atoms with Crippen molar-refractivity contribution in [1.82, 2.24) is 10.3 Å². The number of hydrogen-bond donors (Lipinski definition) is 2. The second-order valence-corrected chi connectivity index (χ2v) is 4.47. The second-order valence-electron chi connectivity index (χ2n) is 4.47. The van der Waals surface area contributed by atoms with Crippen molar-refractivity contribution in [3.05, 3.63) is 34.5 Å². The molecule has 0 atom stereocenters. The number of nitrogens with one attached hydrogen (secondary N) is 1. The molecule has 99 valence electrons. The number of benzene rings is 1. The van der Waals surface area contributed by atoms with Gasteiger partial charge in [-0.25, -0.2) is 4.98 Å². The van der Waals surface area contributed by atoms with Gasteiger partial charge < -0.3 is 10.4 Å². The van der Waals surface area contributed by atoms with E-state index in [2.05, 4.69) is 10.3 Å². The average molecular weight is 295 g/mol. The first kappa shape index (κ1) is 15.5. The van der Waals surface area contributed by atoms with Crippen LogP contribution in [0.2, 0.25) is 0 Å². The Bertz CT molecular complexity index is 654. The summed E-state index contributed by atoms with van der Waals surface area (Å²) in [5, 5.41) is 13.6. The number of amides is 1. The maximum atomic E-state index is 11.7. The maximum Gasteiger partial charge on any atom is 0.254 e. The molecule has 0 aliphatic rings. The van der Waals surface area contributed by atoms with Gasteiger partial charge in [0, 0.05) is 36.7 Å². The molecule has 0 aliphatic heterocycles. The molecule has 0 fully saturated rings. The molecular formula is C14H16N2O2V. The van der Waals surface area contributed by atoms with E-state index in [0.717, 1.165) is 22.2 Å². The van der Waals surface area contributed by atoms with Gasteiger partial charge in [0.05, 0.1) is 5.56 Å². The molecule has 1 radical (unpaired) electrons. The summed E-state index contributed by atoms with van der Waals surface area (Å²) in [6, 6.07) is 3.66. The van der Waals surface area contributed by atoms with Crippen LogP contribution in [-0.4, -0.2) is 23.0 Å². The maximum absolute atomic E-state index is 11.7. The Balaban J connectivity index is 0.00000180. The SMILES string of the molecule is CNC(=O)c1cc(C)c2c(C)cc(C)nc2c1O.[V]. The molecule has 4 nitrogen and oxygen atoms in total. The van der Waals surface area contributed by atoms with Crippen LogP contribution >= 0.6 is 0 Å². The molecule has 19 heavy (non-hydrogen) atoms. The van der Waals surface area contributed by atoms with E-state index in [4.69, 9.17) is 0 Å². The van der Waals surface area contributed by atoms with Gasteiger partial charge in [-0.15, -0.1) is 0 Å². The van der Waals surface area contributed by atoms with Crippen LogP contribution in [0.4, 0.5) is 0 Å². The molecule has 2 aromatic rings. The average Bonchev–Trinajstić information content (AvgIpc) is 2.31. The Hall–Kier alpha value is -1.52. The number of aromatic hydroxyl groups is 1. The molecule has 0 unspecified atom stereocenters. The van der Waals surface area contributed by atoms with Crippen LogP contribution in [0.1, 0.15) is 27.2 Å². The van der Waals surface area contributed by atoms with Crippen LogP contribution < -0.4 is 5.32 Å². The quantitative estimate of drug-likeness (QED) is 0.848. The molecule has 0 aliphatic carbocycles. The number of carbonyl (C=O) groups is 1. The molecule has 2 rings (SSSR count). The smallest absolute Gasteiger partial charge is 0.254 e. The third kappa shape index (κ3) is 2.60. The normalized spacial score (nSPS) is 10.1. The monoisotopic (exact) mass is 295 g/mol. The number of pyridine rings is 1. The fourth-order valence-corrected chi connectivity index (χ4v) is 2.30. The summed E-state index contributed by atoms with van der Waals surface area (Å²) in [6.07, 6.45) is 0. The Kier molecular flexibility index (Phi) is 4.61. The van der Waals surface area contributed by atoms with Gasteiger partial charge in [-0.3, -0.25) is 4.79 Å². The number of phenolic OH excluding ortho intramolecular Hbond substituents is 1. The zero-order valence-electron chi connectivity index (χ0n) is 11.4. The van der Waals surface area contributed by atoms with Gasteiger partial charge in [0.1, 0.15) is 5.52 Å². The van der Waals surface area contributed by atoms with Gasteiger partial charge >= 0.3 is 0 Å². The van der Waals surface area contributed by atoms with E-state index < -0.39 is 0 Å². The van der Waals surface area contributed by atoms with E-state index in [-0.39, 0.29) is 35.8 Å². The van der Waals surface area contributed by atoms with Crippen LogP contribution in [0.25, 0.3) is 10.9 Å². The zero-order valence-corrected chi connectivity index (χ0v) is 12.8. The first-order valence-corrected chi connectivity index (χ1v) is 5.78. The van der Waals surface area contributed by atoms with Crippen LogP contribution in [0.15, 0.2) is 12.1 Å². The topological polar surface area (TPSA) is 62.2 Å². The molecule has 5 heteroatoms. The Morgan fingerprint density at radius 2 is 1.79 bits per heavy atom. The van der Waals surface area contributed by atoms with Crippen LogP contribution in [0.3, 0.4) is 0 Å². The van der Waals surface area contributed by atoms with Crippen molar-refractivity contribution in [1.29, 1.82) is 0 Å². The summed E-state index contributed by atoms with van der Waals surface area (Å²) in [4.78, 5) is 16.0. The number of rotatable bonds is 1. The fraction of sp³-hybridized carbons (Fsp3) is 0.286. The van der Waals surface area contributed by atoms with Crippen molar-refractivity contribution >= 4 is 16.8 Å². The Morgan fingerprint density at radius 1 is 1.21 bits per heavy atom. The number of carbonyl (C=O) groups excluding carboxylic acids is 1. The Labute approximate surface area is 124 Å². The first-order chi connectivity index (χ1) is 8.45. The minimum absolute atomic E-state index is 0. The minimum atomic E-state index is -0.307. The predicted octanol–water partition coefficient (Wildman–Crippen LogP) is 2.22. The van der Waals surface area contributed by atoms with Crippen molar-refractivity contribution < 1.29 is 28.5 Å². The second kappa shape index (κ2) is 5.63. The van der Waals surface area contributed by atoms with Gasteiger partial charge in [0.25, 0.3) is 5.91 Å². The van der Waals surface area contributed by atoms with E-state index >= 15 is 0 Å². The third-order valence-corrected chi connectivity index (χ3v) is 3.05. The van der Waals surface area contributed by atoms with Crippen molar-refractivity contribution in [3.8, 4) is 5.75 Å². The fourth-order valence-electron chi connectivity index (χ4n) is 2.30. The molecule has 0 bridgehead atoms. The van der Waals surface area contributed by atoms with Crippen molar-refractivity contribution in [2.75, 3.05) is 7.05 Å². The van der Waals surface area contributed by atoms with Crippen LogP contribution in [-0.2, 0) is 18.6 Å². The van der Waals surface area contributed by atoms with Gasteiger partial charge in [0.15, 0.2) is 5.75 Å². The molecule has 1 heterocycles.